The van der Waals surface area contributed by atoms with Gasteiger partial charge in [0.25, 0.3) is 11.6 Å². The van der Waals surface area contributed by atoms with Gasteiger partial charge in [-0.3, -0.25) is 14.9 Å². The molecule has 0 unspecified atom stereocenters. The molecule has 20 heavy (non-hydrogen) atoms. The van der Waals surface area contributed by atoms with E-state index in [0.717, 1.165) is 6.07 Å². The number of aryl methyl sites for hydroxylation is 1. The quantitative estimate of drug-likeness (QED) is 0.646. The number of thiazole rings is 1. The summed E-state index contributed by atoms with van der Waals surface area (Å²) in [7, 11) is 0. The number of halogens is 1. The van der Waals surface area contributed by atoms with E-state index >= 15 is 0 Å². The highest BCUT2D eigenvalue weighted by Gasteiger charge is 2.14. The molecule has 0 saturated carbocycles. The summed E-state index contributed by atoms with van der Waals surface area (Å²) in [6.07, 6.45) is 1.83. The van der Waals surface area contributed by atoms with E-state index in [9.17, 15) is 14.9 Å². The number of nitro groups is 1. The Morgan fingerprint density at radius 1 is 1.55 bits per heavy atom. The number of hydrogen-bond acceptors (Lipinski definition) is 4. The number of benzene rings is 1. The van der Waals surface area contributed by atoms with Crippen LogP contribution in [0.2, 0.25) is 5.02 Å². The minimum absolute atomic E-state index is 0.0209. The Morgan fingerprint density at radius 3 is 2.90 bits per heavy atom. The van der Waals surface area contributed by atoms with Crippen LogP contribution in [0.25, 0.3) is 0 Å². The molecule has 0 aliphatic carbocycles. The first-order chi connectivity index (χ1) is 9.52. The molecule has 0 radical (unpaired) electrons. The molecule has 0 atom stereocenters. The minimum Gasteiger partial charge on any atom is -0.324 e. The smallest absolute Gasteiger partial charge is 0.281 e. The van der Waals surface area contributed by atoms with Crippen LogP contribution in [0.4, 0.5) is 5.69 Å². The van der Waals surface area contributed by atoms with Crippen LogP contribution >= 0.6 is 22.9 Å². The van der Waals surface area contributed by atoms with Gasteiger partial charge in [-0.05, 0) is 13.0 Å². The second-order valence-electron chi connectivity index (χ2n) is 3.81. The zero-order chi connectivity index (χ0) is 14.7. The van der Waals surface area contributed by atoms with Gasteiger partial charge in [0.15, 0.2) is 4.80 Å². The largest absolute Gasteiger partial charge is 0.324 e. The van der Waals surface area contributed by atoms with Crippen molar-refractivity contribution in [1.82, 2.24) is 4.57 Å². The van der Waals surface area contributed by atoms with Crippen LogP contribution in [0.15, 0.2) is 34.8 Å². The molecule has 6 nitrogen and oxygen atoms in total. The fourth-order valence-electron chi connectivity index (χ4n) is 1.57. The second-order valence-corrected chi connectivity index (χ2v) is 5.09. The summed E-state index contributed by atoms with van der Waals surface area (Å²) in [5, 5.41) is 12.5. The van der Waals surface area contributed by atoms with Crippen molar-refractivity contribution in [3.8, 4) is 0 Å². The molecule has 0 aliphatic heterocycles. The summed E-state index contributed by atoms with van der Waals surface area (Å²) in [5.74, 6) is -0.519. The van der Waals surface area contributed by atoms with Gasteiger partial charge in [-0.15, -0.1) is 11.3 Å². The maximum Gasteiger partial charge on any atom is 0.281 e. The molecule has 104 valence electrons. The normalized spacial score (nSPS) is 11.6. The summed E-state index contributed by atoms with van der Waals surface area (Å²) >= 11 is 7.23. The summed E-state index contributed by atoms with van der Waals surface area (Å²) in [5.41, 5.74) is -0.0142. The molecule has 2 aromatic rings. The molecule has 1 aromatic carbocycles. The van der Waals surface area contributed by atoms with Crippen LogP contribution in [-0.2, 0) is 6.54 Å². The van der Waals surface area contributed by atoms with E-state index < -0.39 is 10.8 Å². The van der Waals surface area contributed by atoms with Crippen LogP contribution in [0.5, 0.6) is 0 Å². The first-order valence-electron chi connectivity index (χ1n) is 5.70. The van der Waals surface area contributed by atoms with Crippen molar-refractivity contribution in [3.63, 3.8) is 0 Å². The van der Waals surface area contributed by atoms with E-state index in [4.69, 9.17) is 11.6 Å². The highest BCUT2D eigenvalue weighted by molar-refractivity contribution is 7.07. The maximum atomic E-state index is 12.1. The Labute approximate surface area is 123 Å². The average molecular weight is 312 g/mol. The molecule has 1 heterocycles. The van der Waals surface area contributed by atoms with E-state index in [-0.39, 0.29) is 16.3 Å². The van der Waals surface area contributed by atoms with Crippen LogP contribution in [0, 0.1) is 10.1 Å². The molecular weight excluding hydrogens is 302 g/mol. The summed E-state index contributed by atoms with van der Waals surface area (Å²) in [4.78, 5) is 26.6. The lowest BCUT2D eigenvalue weighted by atomic mass is 10.2. The van der Waals surface area contributed by atoms with E-state index in [0.29, 0.717) is 11.3 Å². The van der Waals surface area contributed by atoms with Crippen LogP contribution in [0.1, 0.15) is 17.3 Å². The van der Waals surface area contributed by atoms with E-state index in [2.05, 4.69) is 4.99 Å². The zero-order valence-electron chi connectivity index (χ0n) is 10.4. The van der Waals surface area contributed by atoms with Crippen molar-refractivity contribution < 1.29 is 9.72 Å². The molecule has 1 amide bonds. The van der Waals surface area contributed by atoms with E-state index in [1.54, 1.807) is 0 Å². The molecule has 0 bridgehead atoms. The fraction of sp³-hybridized carbons (Fsp3) is 0.167. The van der Waals surface area contributed by atoms with Gasteiger partial charge >= 0.3 is 0 Å². The topological polar surface area (TPSA) is 77.5 Å². The number of carbonyl (C=O) groups excluding carboxylic acids is 1. The number of carbonyl (C=O) groups is 1. The standard InChI is InChI=1S/C12H10ClN3O3S/c1-2-15-5-6-20-12(15)14-11(17)9-4-3-8(16(18)19)7-10(9)13/h3-7H,2H2,1H3. The molecule has 0 saturated heterocycles. The minimum atomic E-state index is -0.568. The highest BCUT2D eigenvalue weighted by Crippen LogP contribution is 2.22. The van der Waals surface area contributed by atoms with Crippen molar-refractivity contribution in [3.05, 3.63) is 55.3 Å². The number of amides is 1. The van der Waals surface area contributed by atoms with Gasteiger partial charge in [0.1, 0.15) is 0 Å². The number of non-ortho nitro benzene ring substituents is 1. The molecule has 0 N–H and O–H groups in total. The van der Waals surface area contributed by atoms with Crippen LogP contribution < -0.4 is 4.80 Å². The van der Waals surface area contributed by atoms with Crippen molar-refractivity contribution in [2.75, 3.05) is 0 Å². The van der Waals surface area contributed by atoms with Gasteiger partial charge in [0.05, 0.1) is 15.5 Å². The van der Waals surface area contributed by atoms with Gasteiger partial charge in [0.2, 0.25) is 0 Å². The Morgan fingerprint density at radius 2 is 2.30 bits per heavy atom. The second kappa shape index (κ2) is 5.98. The van der Waals surface area contributed by atoms with Crippen LogP contribution in [0.3, 0.4) is 0 Å². The summed E-state index contributed by atoms with van der Waals surface area (Å²) in [6.45, 7) is 2.64. The Hall–Kier alpha value is -1.99. The fourth-order valence-corrected chi connectivity index (χ4v) is 2.61. The van der Waals surface area contributed by atoms with Gasteiger partial charge in [-0.1, -0.05) is 11.6 Å². The lowest BCUT2D eigenvalue weighted by Gasteiger charge is -2.00. The molecule has 2 rings (SSSR count). The predicted molar refractivity (Wildman–Crippen MR) is 76.0 cm³/mol. The predicted octanol–water partition coefficient (Wildman–Crippen LogP) is 2.87. The van der Waals surface area contributed by atoms with Crippen molar-refractivity contribution >= 4 is 34.5 Å². The van der Waals surface area contributed by atoms with Crippen molar-refractivity contribution in [2.24, 2.45) is 4.99 Å². The van der Waals surface area contributed by atoms with Gasteiger partial charge in [-0.2, -0.15) is 4.99 Å². The first kappa shape index (κ1) is 14.4. The molecule has 0 fully saturated rings. The van der Waals surface area contributed by atoms with E-state index in [1.807, 2.05) is 23.1 Å². The lowest BCUT2D eigenvalue weighted by Crippen LogP contribution is -2.15. The molecule has 1 aromatic heterocycles. The number of nitro benzene ring substituents is 1. The summed E-state index contributed by atoms with van der Waals surface area (Å²) < 4.78 is 1.82. The number of aromatic nitrogens is 1. The molecule has 0 spiro atoms. The van der Waals surface area contributed by atoms with Crippen LogP contribution in [-0.4, -0.2) is 15.4 Å². The third kappa shape index (κ3) is 2.94. The van der Waals surface area contributed by atoms with Crippen molar-refractivity contribution in [2.45, 2.75) is 13.5 Å². The lowest BCUT2D eigenvalue weighted by molar-refractivity contribution is -0.384. The molecule has 8 heteroatoms. The monoisotopic (exact) mass is 311 g/mol. The number of hydrogen-bond donors (Lipinski definition) is 0. The van der Waals surface area contributed by atoms with Gasteiger partial charge in [-0.25, -0.2) is 0 Å². The summed E-state index contributed by atoms with van der Waals surface area (Å²) in [6, 6.07) is 3.69. The SMILES string of the molecule is CCn1ccsc1=NC(=O)c1ccc([N+](=O)[O-])cc1Cl. The Bertz CT molecular complexity index is 736. The first-order valence-corrected chi connectivity index (χ1v) is 6.95. The number of nitrogens with zero attached hydrogens (tertiary/aromatic N) is 3. The molecular formula is C12H10ClN3O3S. The third-order valence-corrected chi connectivity index (χ3v) is 3.70. The zero-order valence-corrected chi connectivity index (χ0v) is 12.0. The highest BCUT2D eigenvalue weighted by atomic mass is 35.5. The average Bonchev–Trinajstić information content (AvgIpc) is 2.85. The van der Waals surface area contributed by atoms with E-state index in [1.165, 1.54) is 23.5 Å². The third-order valence-electron chi connectivity index (χ3n) is 2.59. The van der Waals surface area contributed by atoms with Gasteiger partial charge in [0, 0.05) is 30.3 Å². The molecule has 0 aliphatic rings. The maximum absolute atomic E-state index is 12.1. The Kier molecular flexibility index (Phi) is 4.31. The van der Waals surface area contributed by atoms with Gasteiger partial charge < -0.3 is 4.57 Å². The number of rotatable bonds is 3. The Balaban J connectivity index is 2.40. The van der Waals surface area contributed by atoms with Crippen molar-refractivity contribution in [1.29, 1.82) is 0 Å².